The molecule has 0 amide bonds. The third-order valence-corrected chi connectivity index (χ3v) is 13.4. The molecular weight excluding hydrogens is 773 g/mol. The molecule has 2 nitrogen and oxygen atoms in total. The Morgan fingerprint density at radius 2 is 1.20 bits per heavy atom. The summed E-state index contributed by atoms with van der Waals surface area (Å²) in [7, 11) is 0. The highest BCUT2D eigenvalue weighted by Crippen LogP contribution is 2.52. The molecule has 0 spiro atoms. The van der Waals surface area contributed by atoms with Crippen LogP contribution in [0.2, 0.25) is 0 Å². The van der Waals surface area contributed by atoms with E-state index in [0.29, 0.717) is 0 Å². The molecule has 0 atom stereocenters. The van der Waals surface area contributed by atoms with E-state index in [9.17, 15) is 0 Å². The van der Waals surface area contributed by atoms with Crippen LogP contribution in [0, 0.1) is 0 Å². The molecule has 2 heteroatoms. The third kappa shape index (κ3) is 6.82. The van der Waals surface area contributed by atoms with E-state index in [-0.39, 0.29) is 5.41 Å². The summed E-state index contributed by atoms with van der Waals surface area (Å²) in [6, 6.07) is 64.7. The summed E-state index contributed by atoms with van der Waals surface area (Å²) in [5.74, 6) is 0. The first-order chi connectivity index (χ1) is 31.3. The van der Waals surface area contributed by atoms with Crippen LogP contribution in [0.4, 0.5) is 11.4 Å². The van der Waals surface area contributed by atoms with Crippen molar-refractivity contribution in [3.63, 3.8) is 0 Å². The number of para-hydroxylation sites is 2. The van der Waals surface area contributed by atoms with Crippen LogP contribution in [0.15, 0.2) is 207 Å². The zero-order valence-electron chi connectivity index (χ0n) is 37.4. The van der Waals surface area contributed by atoms with Gasteiger partial charge in [0, 0.05) is 44.9 Å². The van der Waals surface area contributed by atoms with Gasteiger partial charge in [0.1, 0.15) is 0 Å². The predicted molar refractivity (Wildman–Crippen MR) is 277 cm³/mol. The summed E-state index contributed by atoms with van der Waals surface area (Å²) < 4.78 is 2.47. The SMILES string of the molecule is C=C/C=C\C(=C)c1ccccc1CCC.CCN(c1ccc(-c2ccccc2)cc1)c1ccc2c(c1)C(C)(C)c1cc(-c3cccc4c3c3cccc5c6ccccc6n4c53)ccc1-2. The Morgan fingerprint density at radius 1 is 0.578 bits per heavy atom. The van der Waals surface area contributed by atoms with Crippen LogP contribution in [0.3, 0.4) is 0 Å². The fourth-order valence-electron chi connectivity index (χ4n) is 10.4. The third-order valence-electron chi connectivity index (χ3n) is 13.4. The number of nitrogens with zero attached hydrogens (tertiary/aromatic N) is 2. The lowest BCUT2D eigenvalue weighted by Gasteiger charge is -2.27. The van der Waals surface area contributed by atoms with Gasteiger partial charge < -0.3 is 9.30 Å². The standard InChI is InChI=1S/C47H36N2.C15H18/c1-4-48(33-23-20-31(21-24-33)30-12-6-5-7-13-30)34-25-27-37-36-26-22-32(28-41(36)47(2,3)42(37)29-34)35-15-11-19-44-45(35)40-17-10-16-39-38-14-8-9-18-43(38)49(44)46(39)40;1-4-6-10-13(3)15-12-8-7-11-14(15)9-5-2/h5-29H,4H2,1-3H3;4,6-8,10-12H,1,3,5,9H2,2H3/b;10-6-. The highest BCUT2D eigenvalue weighted by Gasteiger charge is 2.36. The number of hydrogen-bond acceptors (Lipinski definition) is 1. The zero-order chi connectivity index (χ0) is 44.0. The molecule has 10 aromatic rings. The molecule has 2 aromatic heterocycles. The van der Waals surface area contributed by atoms with Crippen LogP contribution < -0.4 is 4.90 Å². The quantitative estimate of drug-likeness (QED) is 0.125. The average molecular weight is 827 g/mol. The maximum absolute atomic E-state index is 4.07. The van der Waals surface area contributed by atoms with Crippen molar-refractivity contribution in [2.75, 3.05) is 11.4 Å². The minimum atomic E-state index is -0.132. The Hall–Kier alpha value is -7.42. The summed E-state index contributed by atoms with van der Waals surface area (Å²) in [4.78, 5) is 2.42. The molecule has 0 saturated carbocycles. The van der Waals surface area contributed by atoms with Gasteiger partial charge in [0.15, 0.2) is 0 Å². The molecule has 0 aliphatic heterocycles. The second-order valence-electron chi connectivity index (χ2n) is 17.6. The van der Waals surface area contributed by atoms with Crippen molar-refractivity contribution in [3.05, 3.63) is 230 Å². The van der Waals surface area contributed by atoms with Crippen molar-refractivity contribution in [1.82, 2.24) is 4.40 Å². The van der Waals surface area contributed by atoms with Crippen LogP contribution in [-0.4, -0.2) is 10.9 Å². The first kappa shape index (κ1) is 40.6. The van der Waals surface area contributed by atoms with E-state index in [2.05, 4.69) is 226 Å². The number of hydrogen-bond donors (Lipinski definition) is 0. The van der Waals surface area contributed by atoms with Crippen LogP contribution in [0.1, 0.15) is 56.4 Å². The maximum atomic E-state index is 4.07. The fourth-order valence-corrected chi connectivity index (χ4v) is 10.4. The van der Waals surface area contributed by atoms with E-state index in [0.717, 1.165) is 25.0 Å². The van der Waals surface area contributed by atoms with Gasteiger partial charge in [0.25, 0.3) is 0 Å². The number of rotatable bonds is 10. The van der Waals surface area contributed by atoms with E-state index in [1.807, 2.05) is 12.2 Å². The van der Waals surface area contributed by atoms with Crippen LogP contribution in [0.25, 0.3) is 77.0 Å². The van der Waals surface area contributed by atoms with Crippen molar-refractivity contribution in [1.29, 1.82) is 0 Å². The predicted octanol–water partition coefficient (Wildman–Crippen LogP) is 17.0. The monoisotopic (exact) mass is 826 g/mol. The van der Waals surface area contributed by atoms with Gasteiger partial charge in [-0.25, -0.2) is 0 Å². The van der Waals surface area contributed by atoms with Gasteiger partial charge in [-0.1, -0.05) is 192 Å². The lowest BCUT2D eigenvalue weighted by Crippen LogP contribution is -2.19. The molecule has 64 heavy (non-hydrogen) atoms. The fraction of sp³-hybridized carbons (Fsp3) is 0.129. The van der Waals surface area contributed by atoms with E-state index < -0.39 is 0 Å². The Morgan fingerprint density at radius 3 is 1.98 bits per heavy atom. The molecule has 0 bridgehead atoms. The van der Waals surface area contributed by atoms with E-state index in [1.54, 1.807) is 6.08 Å². The molecule has 0 N–H and O–H groups in total. The molecule has 0 saturated heterocycles. The van der Waals surface area contributed by atoms with Gasteiger partial charge in [-0.3, -0.25) is 0 Å². The Balaban J connectivity index is 0.000000277. The smallest absolute Gasteiger partial charge is 0.0620 e. The number of anilines is 2. The van der Waals surface area contributed by atoms with Gasteiger partial charge in [-0.15, -0.1) is 0 Å². The van der Waals surface area contributed by atoms with Gasteiger partial charge in [-0.2, -0.15) is 0 Å². The number of benzene rings is 8. The largest absolute Gasteiger partial charge is 0.342 e. The van der Waals surface area contributed by atoms with Crippen LogP contribution in [-0.2, 0) is 11.8 Å². The van der Waals surface area contributed by atoms with Crippen molar-refractivity contribution < 1.29 is 0 Å². The van der Waals surface area contributed by atoms with E-state index >= 15 is 0 Å². The topological polar surface area (TPSA) is 7.65 Å². The second-order valence-corrected chi connectivity index (χ2v) is 17.6. The van der Waals surface area contributed by atoms with E-state index in [4.69, 9.17) is 0 Å². The Bertz CT molecular complexity index is 3380. The molecule has 1 aliphatic rings. The Labute approximate surface area is 378 Å². The lowest BCUT2D eigenvalue weighted by molar-refractivity contribution is 0.660. The molecule has 0 radical (unpaired) electrons. The van der Waals surface area contributed by atoms with Crippen LogP contribution in [0.5, 0.6) is 0 Å². The number of fused-ring (bicyclic) bond motifs is 9. The highest BCUT2D eigenvalue weighted by molar-refractivity contribution is 6.25. The second kappa shape index (κ2) is 16.7. The zero-order valence-corrected chi connectivity index (χ0v) is 37.4. The lowest BCUT2D eigenvalue weighted by atomic mass is 9.81. The Kier molecular flexibility index (Phi) is 10.6. The van der Waals surface area contributed by atoms with Gasteiger partial charge >= 0.3 is 0 Å². The molecule has 8 aromatic carbocycles. The summed E-state index contributed by atoms with van der Waals surface area (Å²) >= 11 is 0. The summed E-state index contributed by atoms with van der Waals surface area (Å²) in [6.45, 7) is 17.8. The molecule has 1 aliphatic carbocycles. The van der Waals surface area contributed by atoms with Crippen molar-refractivity contribution >= 4 is 55.0 Å². The number of aromatic nitrogens is 1. The first-order valence-corrected chi connectivity index (χ1v) is 22.8. The minimum Gasteiger partial charge on any atom is -0.342 e. The number of allylic oxidation sites excluding steroid dienone is 4. The summed E-state index contributed by atoms with van der Waals surface area (Å²) in [5, 5.41) is 5.30. The first-order valence-electron chi connectivity index (χ1n) is 22.8. The molecule has 0 unspecified atom stereocenters. The van der Waals surface area contributed by atoms with Gasteiger partial charge in [0.05, 0.1) is 16.6 Å². The maximum Gasteiger partial charge on any atom is 0.0620 e. The molecule has 312 valence electrons. The average Bonchev–Trinajstić information content (AvgIpc) is 3.94. The molecule has 2 heterocycles. The summed E-state index contributed by atoms with van der Waals surface area (Å²) in [6.07, 6.45) is 7.97. The van der Waals surface area contributed by atoms with Crippen molar-refractivity contribution in [3.8, 4) is 33.4 Å². The van der Waals surface area contributed by atoms with Crippen LogP contribution >= 0.6 is 0 Å². The molecular formula is C62H54N2. The normalized spacial score (nSPS) is 12.8. The van der Waals surface area contributed by atoms with E-state index in [1.165, 1.54) is 105 Å². The highest BCUT2D eigenvalue weighted by atomic mass is 15.1. The molecule has 11 rings (SSSR count). The summed E-state index contributed by atoms with van der Waals surface area (Å²) in [5.41, 5.74) is 20.4. The molecule has 0 fully saturated rings. The van der Waals surface area contributed by atoms with Crippen molar-refractivity contribution in [2.45, 2.75) is 46.0 Å². The van der Waals surface area contributed by atoms with Gasteiger partial charge in [0.2, 0.25) is 0 Å². The van der Waals surface area contributed by atoms with Crippen molar-refractivity contribution in [2.24, 2.45) is 0 Å². The van der Waals surface area contributed by atoms with Gasteiger partial charge in [-0.05, 0) is 117 Å². The minimum absolute atomic E-state index is 0.132. The number of aryl methyl sites for hydroxylation is 1.